The van der Waals surface area contributed by atoms with E-state index in [0.29, 0.717) is 48.3 Å². The van der Waals surface area contributed by atoms with E-state index in [-0.39, 0.29) is 27.7 Å². The normalized spacial score (nSPS) is 12.8. The van der Waals surface area contributed by atoms with Crippen LogP contribution in [0.1, 0.15) is 57.5 Å². The van der Waals surface area contributed by atoms with Gasteiger partial charge in [0.1, 0.15) is 10.8 Å². The third-order valence-electron chi connectivity index (χ3n) is 8.64. The van der Waals surface area contributed by atoms with Crippen LogP contribution in [0.2, 0.25) is 15.1 Å². The number of halogens is 3. The third kappa shape index (κ3) is 57.0. The zero-order valence-electron chi connectivity index (χ0n) is 54.5. The Morgan fingerprint density at radius 1 is 0.393 bits per heavy atom. The van der Waals surface area contributed by atoms with Gasteiger partial charge in [-0.05, 0) is 161 Å². The molecule has 0 saturated heterocycles. The first kappa shape index (κ1) is 91.5. The molecule has 3 rings (SSSR count). The summed E-state index contributed by atoms with van der Waals surface area (Å²) in [6.07, 6.45) is 5.58. The number of hydrogen-bond donors (Lipinski definition) is 3. The van der Waals surface area contributed by atoms with Crippen molar-refractivity contribution >= 4 is 58.6 Å². The number of carbonyl (C=O) groups excluding carboxylic acids is 4. The minimum atomic E-state index is -0.534. The molecule has 5 N–H and O–H groups in total. The van der Waals surface area contributed by atoms with E-state index in [2.05, 4.69) is 312 Å². The Hall–Kier alpha value is -15.5. The van der Waals surface area contributed by atoms with Crippen LogP contribution in [0.4, 0.5) is 0 Å². The van der Waals surface area contributed by atoms with Crippen LogP contribution in [0, 0.1) is 13.8 Å². The van der Waals surface area contributed by atoms with Crippen molar-refractivity contribution in [1.29, 1.82) is 0 Å². The number of hydrogen-bond acceptors (Lipinski definition) is 11. The van der Waals surface area contributed by atoms with E-state index in [1.54, 1.807) is 63.5 Å². The number of amides is 1. The minimum Gasteiger partial charge on any atom is -0.494 e. The van der Waals surface area contributed by atoms with Crippen LogP contribution in [0.15, 0.2) is 362 Å². The summed E-state index contributed by atoms with van der Waals surface area (Å²) in [5, 5.41) is 164. The summed E-state index contributed by atoms with van der Waals surface area (Å²) in [5.74, 6) is 8.62. The van der Waals surface area contributed by atoms with Gasteiger partial charge in [0.15, 0.2) is 5.75 Å². The first-order valence-corrected chi connectivity index (χ1v) is 28.1. The SMILES string of the molecule is C=CC(=O)OCCCCOC.C=CC(=O)OCCCCOc1ccc(C(=O)NC)cc1.Cc1ccc(C(=O)Oc2c(Cl)cc(C)c(Cl)c2Cl)cc1.N/N=N/N=N/N=N/N=N/N=N/N=N/N=N/N=N/N=N/N=N/N=N/N=N/N=N/N=N/N=N/N=N/N=N/N=N/N=N/N=N/N=N/N=N/N=N/N=N/N=N/N=N/N=N/N. The molecule has 66 nitrogen and oxygen atoms in total. The summed E-state index contributed by atoms with van der Waals surface area (Å²) in [7, 11) is 3.24. The number of nitrogens with two attached hydrogens (primary N) is 2. The highest BCUT2D eigenvalue weighted by Gasteiger charge is 2.18. The van der Waals surface area contributed by atoms with Gasteiger partial charge in [-0.1, -0.05) is 76.1 Å². The zero-order chi connectivity index (χ0) is 78.4. The molecular weight excluding hydrogens is 1510 g/mol. The smallest absolute Gasteiger partial charge is 0.343 e. The molecule has 0 saturated carbocycles. The van der Waals surface area contributed by atoms with E-state index in [9.17, 15) is 19.2 Å². The molecule has 1 amide bonds. The summed E-state index contributed by atoms with van der Waals surface area (Å²) in [5.41, 5.74) is 2.78. The molecule has 560 valence electrons. The second kappa shape index (κ2) is 69.0. The van der Waals surface area contributed by atoms with Gasteiger partial charge in [0.25, 0.3) is 5.91 Å². The lowest BCUT2D eigenvalue weighted by molar-refractivity contribution is -0.138. The lowest BCUT2D eigenvalue weighted by Gasteiger charge is -2.11. The van der Waals surface area contributed by atoms with Crippen molar-refractivity contribution in [3.63, 3.8) is 0 Å². The van der Waals surface area contributed by atoms with Gasteiger partial charge in [-0.2, -0.15) is 0 Å². The highest BCUT2D eigenvalue weighted by atomic mass is 35.5. The predicted octanol–water partition coefficient (Wildman–Crippen LogP) is 17.3. The van der Waals surface area contributed by atoms with Crippen molar-refractivity contribution in [2.45, 2.75) is 39.5 Å². The number of carbonyl (C=O) groups is 4. The van der Waals surface area contributed by atoms with Crippen LogP contribution in [0.5, 0.6) is 11.5 Å². The second-order valence-corrected chi connectivity index (χ2v) is 16.5. The first-order chi connectivity index (χ1) is 52.3. The van der Waals surface area contributed by atoms with Crippen molar-refractivity contribution in [2.75, 3.05) is 40.6 Å². The molecule has 0 heterocycles. The minimum absolute atomic E-state index is 0.0782. The van der Waals surface area contributed by atoms with Crippen molar-refractivity contribution in [2.24, 2.45) is 294 Å². The topological polar surface area (TPSA) is 846 Å². The third-order valence-corrected chi connectivity index (χ3v) is 9.86. The molecule has 0 aliphatic heterocycles. The van der Waals surface area contributed by atoms with Gasteiger partial charge in [0, 0.05) is 237 Å². The van der Waals surface area contributed by atoms with Crippen LogP contribution < -0.4 is 26.5 Å². The fourth-order valence-electron chi connectivity index (χ4n) is 4.62. The quantitative estimate of drug-likeness (QED) is 0.00699. The molecule has 107 heavy (non-hydrogen) atoms. The number of nitrogens with zero attached hydrogens (tertiary/aromatic N) is 54. The van der Waals surface area contributed by atoms with E-state index in [0.717, 1.165) is 49.0 Å². The zero-order valence-corrected chi connectivity index (χ0v) is 56.8. The molecule has 0 atom stereocenters. The Labute approximate surface area is 607 Å². The molecule has 3 aromatic carbocycles. The Morgan fingerprint density at radius 3 is 0.935 bits per heavy atom. The van der Waals surface area contributed by atoms with Gasteiger partial charge in [-0.15, -0.1) is 0 Å². The molecule has 0 aromatic heterocycles. The predicted molar refractivity (Wildman–Crippen MR) is 340 cm³/mol. The Morgan fingerprint density at radius 2 is 0.664 bits per heavy atom. The Balaban J connectivity index is 0.00000175. The monoisotopic (exact) mass is 1550 g/mol. The molecule has 3 aromatic rings. The number of rotatable bonds is 42. The molecule has 0 spiro atoms. The Bertz CT molecular complexity index is 3850. The van der Waals surface area contributed by atoms with Gasteiger partial charge in [-0.25, -0.2) is 14.4 Å². The lowest BCUT2D eigenvalue weighted by atomic mass is 10.1. The molecule has 69 heteroatoms. The van der Waals surface area contributed by atoms with E-state index in [1.807, 2.05) is 19.1 Å². The molecule has 0 unspecified atom stereocenters. The molecule has 0 aliphatic carbocycles. The summed E-state index contributed by atoms with van der Waals surface area (Å²) in [6, 6.07) is 15.5. The van der Waals surface area contributed by atoms with Crippen LogP contribution in [0.3, 0.4) is 0 Å². The van der Waals surface area contributed by atoms with E-state index in [4.69, 9.17) is 58.5 Å². The Kier molecular flexibility index (Phi) is 58.9. The van der Waals surface area contributed by atoms with Gasteiger partial charge < -0.3 is 40.7 Å². The van der Waals surface area contributed by atoms with Gasteiger partial charge in [-0.3, -0.25) is 4.79 Å². The highest BCUT2D eigenvalue weighted by Crippen LogP contribution is 2.40. The molecule has 0 radical (unpaired) electrons. The number of benzene rings is 3. The number of ether oxygens (including phenoxy) is 5. The van der Waals surface area contributed by atoms with E-state index < -0.39 is 11.9 Å². The van der Waals surface area contributed by atoms with Crippen LogP contribution >= 0.6 is 34.8 Å². The average Bonchev–Trinajstić information content (AvgIpc) is 0.816. The number of esters is 3. The van der Waals surface area contributed by atoms with Crippen molar-refractivity contribution < 1.29 is 42.9 Å². The first-order valence-electron chi connectivity index (χ1n) is 26.9. The van der Waals surface area contributed by atoms with Gasteiger partial charge in [0.05, 0.1) is 35.4 Å². The summed E-state index contributed by atoms with van der Waals surface area (Å²) in [4.78, 5) is 44.6. The maximum absolute atomic E-state index is 12.0. The molecular formula is C38H48Cl3N57O9. The summed E-state index contributed by atoms with van der Waals surface area (Å²) >= 11 is 18.1. The highest BCUT2D eigenvalue weighted by molar-refractivity contribution is 6.45. The van der Waals surface area contributed by atoms with Crippen LogP contribution in [-0.2, 0) is 23.8 Å². The number of nitrogens with one attached hydrogen (secondary N) is 1. The van der Waals surface area contributed by atoms with Gasteiger partial charge >= 0.3 is 17.9 Å². The maximum Gasteiger partial charge on any atom is 0.343 e. The number of aryl methyl sites for hydroxylation is 2. The molecule has 0 bridgehead atoms. The van der Waals surface area contributed by atoms with Crippen LogP contribution in [-0.4, -0.2) is 64.4 Å². The average molecular weight is 1550 g/mol. The van der Waals surface area contributed by atoms with E-state index >= 15 is 0 Å². The lowest BCUT2D eigenvalue weighted by Crippen LogP contribution is -2.17. The van der Waals surface area contributed by atoms with Gasteiger partial charge in [0.2, 0.25) is 0 Å². The largest absolute Gasteiger partial charge is 0.494 e. The summed E-state index contributed by atoms with van der Waals surface area (Å²) in [6.45, 7) is 12.4. The van der Waals surface area contributed by atoms with Crippen molar-refractivity contribution in [3.8, 4) is 11.5 Å². The maximum atomic E-state index is 12.0. The molecule has 0 fully saturated rings. The van der Waals surface area contributed by atoms with Crippen molar-refractivity contribution in [3.05, 3.63) is 117 Å². The fourth-order valence-corrected chi connectivity index (χ4v) is 5.40. The fraction of sp³-hybridized carbons (Fsp3) is 0.316. The number of methoxy groups -OCH3 is 1. The van der Waals surface area contributed by atoms with E-state index in [1.165, 1.54) is 0 Å². The number of unbranched alkanes of at least 4 members (excludes halogenated alkanes) is 2. The molecule has 0 aliphatic rings. The van der Waals surface area contributed by atoms with Crippen LogP contribution in [0.25, 0.3) is 0 Å². The standard InChI is InChI=1S/C15H11Cl3O2.C15H19NO4.C8H14O3.H4N56/c1-8-3-5-10(6-4-8)15(19)20-14-11(16)7-9(2)12(17)13(14)18;1-3-14(17)20-11-5-4-10-19-13-8-6-12(7-9-13)15(18)16-2;1-3-8(9)11-7-5-4-6-10-2;1-3-5-7-9-11-13-15-17-19-21-23-25-27-29-31-33-35-37-39-41-43-45-47-49-51-53-55-56-54-52-50-48-46-44-42-40-38-36-34-32-30-28-26-24-22-20-18-16-14-12-10-8-6-4-2/h3-7H,1-2H3;3,6-9H,1,4-5,10-11H2,2H3,(H,16,18);3H,1,4-7H2,2H3;(H2,1,4,5,8,9,12,13,16,17,20,21,24,25,28,29,32,33,36,37,40,41,44,45,48,49,52,53,56)(H2,2,3,6,7,10,11,14,15,18,19,22,23,26,27,30,31,34,35,38,39,42,43,46,47,50,51,54,55). The second-order valence-electron chi connectivity index (χ2n) is 15.4. The summed E-state index contributed by atoms with van der Waals surface area (Å²) < 4.78 is 25.1. The van der Waals surface area contributed by atoms with Crippen molar-refractivity contribution in [1.82, 2.24) is 5.32 Å².